The minimum atomic E-state index is -0.0606. The topological polar surface area (TPSA) is 65.2 Å². The standard InChI is InChI=1S/C19H22N2O3/c1-2-17-20-19(21-24-17)15-7-8-16-13(9-15)5-6-14(16)10-18(22)23-11-12-3-4-12/h7-9,12,14H,2-6,10-11H2,1H3/t14-/m0/s1. The predicted molar refractivity (Wildman–Crippen MR) is 88.5 cm³/mol. The third kappa shape index (κ3) is 3.21. The van der Waals surface area contributed by atoms with Gasteiger partial charge in [0.05, 0.1) is 13.0 Å². The Bertz CT molecular complexity index is 749. The van der Waals surface area contributed by atoms with Crippen LogP contribution in [0.25, 0.3) is 11.4 Å². The predicted octanol–water partition coefficient (Wildman–Crippen LogP) is 3.67. The van der Waals surface area contributed by atoms with Crippen LogP contribution in [-0.4, -0.2) is 22.7 Å². The summed E-state index contributed by atoms with van der Waals surface area (Å²) >= 11 is 0. The zero-order valence-electron chi connectivity index (χ0n) is 14.0. The van der Waals surface area contributed by atoms with Gasteiger partial charge in [-0.2, -0.15) is 4.98 Å². The average molecular weight is 326 g/mol. The number of ether oxygens (including phenoxy) is 1. The first-order valence-corrected chi connectivity index (χ1v) is 8.84. The van der Waals surface area contributed by atoms with Crippen LogP contribution in [0.5, 0.6) is 0 Å². The van der Waals surface area contributed by atoms with Gasteiger partial charge in [0, 0.05) is 12.0 Å². The summed E-state index contributed by atoms with van der Waals surface area (Å²) in [4.78, 5) is 16.4. The maximum atomic E-state index is 12.0. The van der Waals surface area contributed by atoms with Gasteiger partial charge < -0.3 is 9.26 Å². The number of fused-ring (bicyclic) bond motifs is 1. The summed E-state index contributed by atoms with van der Waals surface area (Å²) in [5.74, 6) is 2.13. The monoisotopic (exact) mass is 326 g/mol. The number of benzene rings is 1. The lowest BCUT2D eigenvalue weighted by Gasteiger charge is -2.11. The Morgan fingerprint density at radius 3 is 2.96 bits per heavy atom. The van der Waals surface area contributed by atoms with Gasteiger partial charge in [0.2, 0.25) is 11.7 Å². The molecule has 0 bridgehead atoms. The van der Waals surface area contributed by atoms with Gasteiger partial charge in [-0.3, -0.25) is 4.79 Å². The molecule has 0 aliphatic heterocycles. The van der Waals surface area contributed by atoms with Crippen molar-refractivity contribution < 1.29 is 14.1 Å². The largest absolute Gasteiger partial charge is 0.465 e. The van der Waals surface area contributed by atoms with Crippen LogP contribution in [0.15, 0.2) is 22.7 Å². The second kappa shape index (κ2) is 6.38. The van der Waals surface area contributed by atoms with E-state index < -0.39 is 0 Å². The molecule has 1 heterocycles. The summed E-state index contributed by atoms with van der Waals surface area (Å²) in [6, 6.07) is 6.27. The lowest BCUT2D eigenvalue weighted by molar-refractivity contribution is -0.144. The van der Waals surface area contributed by atoms with Gasteiger partial charge in [0.25, 0.3) is 0 Å². The Balaban J connectivity index is 1.44. The van der Waals surface area contributed by atoms with E-state index in [0.29, 0.717) is 30.7 Å². The van der Waals surface area contributed by atoms with E-state index in [1.165, 1.54) is 24.0 Å². The number of hydrogen-bond donors (Lipinski definition) is 0. The number of aromatic nitrogens is 2. The number of nitrogens with zero attached hydrogens (tertiary/aromatic N) is 2. The highest BCUT2D eigenvalue weighted by atomic mass is 16.5. The molecule has 0 spiro atoms. The fourth-order valence-electron chi connectivity index (χ4n) is 3.33. The number of aryl methyl sites for hydroxylation is 2. The molecule has 1 aromatic carbocycles. The second-order valence-electron chi connectivity index (χ2n) is 6.84. The van der Waals surface area contributed by atoms with Gasteiger partial charge in [-0.25, -0.2) is 0 Å². The van der Waals surface area contributed by atoms with Crippen molar-refractivity contribution in [1.29, 1.82) is 0 Å². The first-order chi connectivity index (χ1) is 11.7. The zero-order chi connectivity index (χ0) is 16.5. The van der Waals surface area contributed by atoms with Crippen LogP contribution in [0.3, 0.4) is 0 Å². The molecule has 4 rings (SSSR count). The maximum absolute atomic E-state index is 12.0. The van der Waals surface area contributed by atoms with E-state index in [1.807, 2.05) is 13.0 Å². The average Bonchev–Trinajstić information content (AvgIpc) is 3.16. The third-order valence-electron chi connectivity index (χ3n) is 4.96. The van der Waals surface area contributed by atoms with E-state index in [9.17, 15) is 4.79 Å². The normalized spacial score (nSPS) is 19.3. The van der Waals surface area contributed by atoms with E-state index in [1.54, 1.807) is 0 Å². The van der Waals surface area contributed by atoms with Crippen LogP contribution in [0.4, 0.5) is 0 Å². The summed E-state index contributed by atoms with van der Waals surface area (Å²) in [5.41, 5.74) is 3.53. The molecule has 5 heteroatoms. The molecule has 1 fully saturated rings. The molecule has 1 saturated carbocycles. The maximum Gasteiger partial charge on any atom is 0.306 e. The van der Waals surface area contributed by atoms with Crippen LogP contribution in [0.2, 0.25) is 0 Å². The highest BCUT2D eigenvalue weighted by Gasteiger charge is 2.28. The third-order valence-corrected chi connectivity index (χ3v) is 4.96. The first kappa shape index (κ1) is 15.4. The van der Waals surface area contributed by atoms with Gasteiger partial charge in [0.1, 0.15) is 0 Å². The van der Waals surface area contributed by atoms with Gasteiger partial charge in [-0.1, -0.05) is 24.2 Å². The Labute approximate surface area is 141 Å². The molecule has 2 aromatic rings. The number of rotatable bonds is 6. The van der Waals surface area contributed by atoms with Crippen molar-refractivity contribution in [3.8, 4) is 11.4 Å². The van der Waals surface area contributed by atoms with Crippen LogP contribution in [0, 0.1) is 5.92 Å². The second-order valence-corrected chi connectivity index (χ2v) is 6.84. The van der Waals surface area contributed by atoms with Crippen molar-refractivity contribution in [1.82, 2.24) is 10.1 Å². The summed E-state index contributed by atoms with van der Waals surface area (Å²) in [6.07, 6.45) is 5.63. The summed E-state index contributed by atoms with van der Waals surface area (Å²) < 4.78 is 10.6. The molecule has 0 radical (unpaired) electrons. The van der Waals surface area contributed by atoms with E-state index in [-0.39, 0.29) is 11.9 Å². The number of esters is 1. The number of carbonyl (C=O) groups is 1. The molecule has 126 valence electrons. The molecule has 2 aliphatic carbocycles. The minimum Gasteiger partial charge on any atom is -0.465 e. The lowest BCUT2D eigenvalue weighted by atomic mass is 9.97. The molecule has 1 aromatic heterocycles. The number of carbonyl (C=O) groups excluding carboxylic acids is 1. The van der Waals surface area contributed by atoms with Crippen molar-refractivity contribution in [3.05, 3.63) is 35.2 Å². The number of hydrogen-bond acceptors (Lipinski definition) is 5. The molecule has 0 unspecified atom stereocenters. The van der Waals surface area contributed by atoms with Crippen molar-refractivity contribution in [3.63, 3.8) is 0 Å². The highest BCUT2D eigenvalue weighted by molar-refractivity contribution is 5.71. The molecule has 1 atom stereocenters. The lowest BCUT2D eigenvalue weighted by Crippen LogP contribution is -2.10. The van der Waals surface area contributed by atoms with Gasteiger partial charge >= 0.3 is 5.97 Å². The SMILES string of the molecule is CCc1nc(-c2ccc3c(c2)CC[C@H]3CC(=O)OCC2CC2)no1. The van der Waals surface area contributed by atoms with E-state index in [0.717, 1.165) is 24.8 Å². The zero-order valence-corrected chi connectivity index (χ0v) is 14.0. The first-order valence-electron chi connectivity index (χ1n) is 8.84. The highest BCUT2D eigenvalue weighted by Crippen LogP contribution is 2.38. The molecule has 2 aliphatic rings. The van der Waals surface area contributed by atoms with Gasteiger partial charge in [-0.15, -0.1) is 0 Å². The van der Waals surface area contributed by atoms with Gasteiger partial charge in [0.15, 0.2) is 0 Å². The fourth-order valence-corrected chi connectivity index (χ4v) is 3.33. The van der Waals surface area contributed by atoms with Crippen LogP contribution < -0.4 is 0 Å². The Hall–Kier alpha value is -2.17. The molecule has 24 heavy (non-hydrogen) atoms. The quantitative estimate of drug-likeness (QED) is 0.758. The van der Waals surface area contributed by atoms with Crippen molar-refractivity contribution in [2.24, 2.45) is 5.92 Å². The summed E-state index contributed by atoms with van der Waals surface area (Å²) in [7, 11) is 0. The molecule has 0 N–H and O–H groups in total. The molecule has 0 saturated heterocycles. The van der Waals surface area contributed by atoms with Crippen LogP contribution >= 0.6 is 0 Å². The van der Waals surface area contributed by atoms with Crippen LogP contribution in [-0.2, 0) is 22.4 Å². The van der Waals surface area contributed by atoms with E-state index in [2.05, 4.69) is 22.3 Å². The molecule has 0 amide bonds. The molecular weight excluding hydrogens is 304 g/mol. The van der Waals surface area contributed by atoms with E-state index >= 15 is 0 Å². The smallest absolute Gasteiger partial charge is 0.306 e. The van der Waals surface area contributed by atoms with Crippen LogP contribution in [0.1, 0.15) is 55.5 Å². The van der Waals surface area contributed by atoms with Crippen molar-refractivity contribution >= 4 is 5.97 Å². The summed E-state index contributed by atoms with van der Waals surface area (Å²) in [5, 5.41) is 4.04. The fraction of sp³-hybridized carbons (Fsp3) is 0.526. The Kier molecular flexibility index (Phi) is 4.08. The van der Waals surface area contributed by atoms with Gasteiger partial charge in [-0.05, 0) is 54.7 Å². The van der Waals surface area contributed by atoms with Crippen molar-refractivity contribution in [2.75, 3.05) is 6.61 Å². The van der Waals surface area contributed by atoms with E-state index in [4.69, 9.17) is 9.26 Å². The summed E-state index contributed by atoms with van der Waals surface area (Å²) in [6.45, 7) is 2.60. The molecular formula is C19H22N2O3. The van der Waals surface area contributed by atoms with Crippen molar-refractivity contribution in [2.45, 2.75) is 51.4 Å². The molecule has 5 nitrogen and oxygen atoms in total. The Morgan fingerprint density at radius 2 is 2.21 bits per heavy atom. The Morgan fingerprint density at radius 1 is 1.33 bits per heavy atom. The minimum absolute atomic E-state index is 0.0606.